The van der Waals surface area contributed by atoms with E-state index in [0.29, 0.717) is 41.6 Å². The summed E-state index contributed by atoms with van der Waals surface area (Å²) in [6, 6.07) is 18.0. The van der Waals surface area contributed by atoms with E-state index in [-0.39, 0.29) is 18.2 Å². The summed E-state index contributed by atoms with van der Waals surface area (Å²) in [6.45, 7) is 5.07. The molecule has 0 amide bonds. The lowest BCUT2D eigenvalue weighted by atomic mass is 9.91. The maximum atomic E-state index is 14.8. The van der Waals surface area contributed by atoms with Crippen LogP contribution in [0.4, 0.5) is 4.39 Å². The van der Waals surface area contributed by atoms with Crippen LogP contribution < -0.4 is 14.2 Å². The number of halogens is 1. The first-order valence-electron chi connectivity index (χ1n) is 13.5. The fraction of sp³-hybridized carbons (Fsp3) is 0.406. The Labute approximate surface area is 225 Å². The molecule has 0 aliphatic rings. The molecule has 3 rings (SSSR count). The summed E-state index contributed by atoms with van der Waals surface area (Å²) >= 11 is 0. The number of carboxylic acids is 1. The minimum atomic E-state index is -0.801. The van der Waals surface area contributed by atoms with E-state index in [0.717, 1.165) is 49.7 Å². The highest BCUT2D eigenvalue weighted by Crippen LogP contribution is 2.36. The molecule has 204 valence electrons. The third-order valence-electron chi connectivity index (χ3n) is 6.56. The van der Waals surface area contributed by atoms with Crippen molar-refractivity contribution in [3.05, 3.63) is 77.6 Å². The fourth-order valence-corrected chi connectivity index (χ4v) is 4.52. The van der Waals surface area contributed by atoms with Crippen molar-refractivity contribution in [2.45, 2.75) is 71.3 Å². The van der Waals surface area contributed by atoms with Gasteiger partial charge in [-0.15, -0.1) is 0 Å². The zero-order valence-corrected chi connectivity index (χ0v) is 22.7. The summed E-state index contributed by atoms with van der Waals surface area (Å²) in [5.74, 6) is 0.666. The van der Waals surface area contributed by atoms with Gasteiger partial charge in [-0.05, 0) is 66.3 Å². The van der Waals surface area contributed by atoms with E-state index in [9.17, 15) is 14.3 Å². The first kappa shape index (κ1) is 29.0. The molecule has 1 atom stereocenters. The second-order valence-corrected chi connectivity index (χ2v) is 9.53. The normalized spacial score (nSPS) is 11.7. The average Bonchev–Trinajstić information content (AvgIpc) is 2.92. The fourth-order valence-electron chi connectivity index (χ4n) is 4.52. The molecule has 0 unspecified atom stereocenters. The first-order chi connectivity index (χ1) is 18.4. The predicted molar refractivity (Wildman–Crippen MR) is 149 cm³/mol. The van der Waals surface area contributed by atoms with Crippen LogP contribution in [0.2, 0.25) is 0 Å². The molecule has 38 heavy (non-hydrogen) atoms. The number of aliphatic carboxylic acids is 1. The molecule has 0 saturated carbocycles. The van der Waals surface area contributed by atoms with Crippen LogP contribution >= 0.6 is 0 Å². The second-order valence-electron chi connectivity index (χ2n) is 9.53. The third kappa shape index (κ3) is 8.51. The van der Waals surface area contributed by atoms with Gasteiger partial charge in [0.1, 0.15) is 29.7 Å². The van der Waals surface area contributed by atoms with Gasteiger partial charge in [0.2, 0.25) is 0 Å². The van der Waals surface area contributed by atoms with Crippen molar-refractivity contribution in [1.29, 1.82) is 0 Å². The standard InChI is InChI=1S/C32H39FO5/c1-4-6-7-8-17-37-31-18-23(13-15-28(31)29-21-26(36-3)14-16-30(29)33)22-38-27-12-9-11-25(19-27)24(10-5-2)20-32(34)35/h9,11-16,18-19,21,24H,4-8,10,17,20,22H2,1-3H3,(H,34,35)/t24-/m1/s1. The summed E-state index contributed by atoms with van der Waals surface area (Å²) < 4.78 is 32.3. The van der Waals surface area contributed by atoms with Crippen molar-refractivity contribution < 1.29 is 28.5 Å². The van der Waals surface area contributed by atoms with Gasteiger partial charge in [-0.3, -0.25) is 4.79 Å². The van der Waals surface area contributed by atoms with Crippen LogP contribution in [-0.4, -0.2) is 24.8 Å². The van der Waals surface area contributed by atoms with Crippen LogP contribution in [0, 0.1) is 5.82 Å². The van der Waals surface area contributed by atoms with Crippen LogP contribution in [-0.2, 0) is 11.4 Å². The van der Waals surface area contributed by atoms with Crippen molar-refractivity contribution in [2.24, 2.45) is 0 Å². The van der Waals surface area contributed by atoms with Crippen molar-refractivity contribution in [2.75, 3.05) is 13.7 Å². The number of benzene rings is 3. The monoisotopic (exact) mass is 522 g/mol. The van der Waals surface area contributed by atoms with Gasteiger partial charge >= 0.3 is 5.97 Å². The number of hydrogen-bond acceptors (Lipinski definition) is 4. The van der Waals surface area contributed by atoms with Gasteiger partial charge in [0.15, 0.2) is 0 Å². The van der Waals surface area contributed by atoms with Crippen molar-refractivity contribution in [3.63, 3.8) is 0 Å². The van der Waals surface area contributed by atoms with Crippen LogP contribution in [0.25, 0.3) is 11.1 Å². The molecule has 3 aromatic carbocycles. The van der Waals surface area contributed by atoms with Crippen molar-refractivity contribution in [1.82, 2.24) is 0 Å². The summed E-state index contributed by atoms with van der Waals surface area (Å²) in [4.78, 5) is 11.3. The lowest BCUT2D eigenvalue weighted by Crippen LogP contribution is -2.06. The molecular weight excluding hydrogens is 483 g/mol. The number of carboxylic acid groups (broad SMARTS) is 1. The van der Waals surface area contributed by atoms with E-state index in [2.05, 4.69) is 13.8 Å². The minimum Gasteiger partial charge on any atom is -0.497 e. The van der Waals surface area contributed by atoms with Gasteiger partial charge in [-0.1, -0.05) is 63.8 Å². The van der Waals surface area contributed by atoms with Gasteiger partial charge in [-0.2, -0.15) is 0 Å². The molecular formula is C32H39FO5. The zero-order valence-electron chi connectivity index (χ0n) is 22.7. The molecule has 0 spiro atoms. The highest BCUT2D eigenvalue weighted by Gasteiger charge is 2.16. The Balaban J connectivity index is 1.81. The molecule has 1 N–H and O–H groups in total. The van der Waals surface area contributed by atoms with Gasteiger partial charge < -0.3 is 19.3 Å². The number of unbranched alkanes of at least 4 members (excludes halogenated alkanes) is 3. The maximum absolute atomic E-state index is 14.8. The Morgan fingerprint density at radius 2 is 1.74 bits per heavy atom. The Kier molecular flexibility index (Phi) is 11.5. The van der Waals surface area contributed by atoms with Crippen LogP contribution in [0.3, 0.4) is 0 Å². The van der Waals surface area contributed by atoms with Gasteiger partial charge in [0.05, 0.1) is 20.1 Å². The van der Waals surface area contributed by atoms with Gasteiger partial charge in [-0.25, -0.2) is 4.39 Å². The topological polar surface area (TPSA) is 65.0 Å². The molecule has 0 aromatic heterocycles. The number of rotatable bonds is 16. The largest absolute Gasteiger partial charge is 0.497 e. The molecule has 0 bridgehead atoms. The molecule has 0 saturated heterocycles. The molecule has 0 aliphatic heterocycles. The Bertz CT molecular complexity index is 1180. The summed E-state index contributed by atoms with van der Waals surface area (Å²) in [6.07, 6.45) is 6.11. The van der Waals surface area contributed by atoms with E-state index in [4.69, 9.17) is 14.2 Å². The average molecular weight is 523 g/mol. The summed E-state index contributed by atoms with van der Waals surface area (Å²) in [5.41, 5.74) is 2.94. The molecule has 5 nitrogen and oxygen atoms in total. The molecule has 0 aliphatic carbocycles. The lowest BCUT2D eigenvalue weighted by molar-refractivity contribution is -0.137. The number of ether oxygens (including phenoxy) is 3. The minimum absolute atomic E-state index is 0.0502. The quantitative estimate of drug-likeness (QED) is 0.191. The molecule has 6 heteroatoms. The summed E-state index contributed by atoms with van der Waals surface area (Å²) in [5, 5.41) is 9.30. The highest BCUT2D eigenvalue weighted by molar-refractivity contribution is 5.72. The number of carbonyl (C=O) groups is 1. The number of hydrogen-bond donors (Lipinski definition) is 1. The zero-order chi connectivity index (χ0) is 27.3. The lowest BCUT2D eigenvalue weighted by Gasteiger charge is -2.17. The SMILES string of the molecule is CCCCCCOc1cc(COc2cccc([C@H](CCC)CC(=O)O)c2)ccc1-c1cc(OC)ccc1F. The van der Waals surface area contributed by atoms with Crippen LogP contribution in [0.15, 0.2) is 60.7 Å². The molecule has 3 aromatic rings. The second kappa shape index (κ2) is 15.0. The first-order valence-corrected chi connectivity index (χ1v) is 13.5. The van der Waals surface area contributed by atoms with E-state index < -0.39 is 5.97 Å². The van der Waals surface area contributed by atoms with E-state index in [1.807, 2.05) is 42.5 Å². The smallest absolute Gasteiger partial charge is 0.303 e. The molecule has 0 heterocycles. The Hall–Kier alpha value is -3.54. The summed E-state index contributed by atoms with van der Waals surface area (Å²) in [7, 11) is 1.56. The van der Waals surface area contributed by atoms with Gasteiger partial charge in [0, 0.05) is 11.1 Å². The van der Waals surface area contributed by atoms with Crippen LogP contribution in [0.1, 0.15) is 75.8 Å². The predicted octanol–water partition coefficient (Wildman–Crippen LogP) is 8.40. The van der Waals surface area contributed by atoms with Crippen molar-refractivity contribution >= 4 is 5.97 Å². The molecule has 0 fully saturated rings. The number of methoxy groups -OCH3 is 1. The van der Waals surface area contributed by atoms with Crippen molar-refractivity contribution in [3.8, 4) is 28.4 Å². The van der Waals surface area contributed by atoms with E-state index in [1.165, 1.54) is 6.07 Å². The van der Waals surface area contributed by atoms with Crippen LogP contribution in [0.5, 0.6) is 17.2 Å². The Morgan fingerprint density at radius 1 is 0.895 bits per heavy atom. The highest BCUT2D eigenvalue weighted by atomic mass is 19.1. The van der Waals surface area contributed by atoms with E-state index >= 15 is 0 Å². The maximum Gasteiger partial charge on any atom is 0.303 e. The third-order valence-corrected chi connectivity index (χ3v) is 6.56. The Morgan fingerprint density at radius 3 is 2.47 bits per heavy atom. The van der Waals surface area contributed by atoms with Gasteiger partial charge in [0.25, 0.3) is 0 Å². The van der Waals surface area contributed by atoms with E-state index in [1.54, 1.807) is 19.2 Å². The molecule has 0 radical (unpaired) electrons.